The minimum absolute atomic E-state index is 0.488. The van der Waals surface area contributed by atoms with E-state index < -0.39 is 0 Å². The molecule has 1 atom stereocenters. The van der Waals surface area contributed by atoms with Crippen LogP contribution >= 0.6 is 11.6 Å². The van der Waals surface area contributed by atoms with Crippen LogP contribution in [0.5, 0.6) is 5.75 Å². The van der Waals surface area contributed by atoms with Crippen molar-refractivity contribution in [3.63, 3.8) is 0 Å². The SMILES string of the molecule is COCCOCc1cc(CC(CCl)C(C)C)ccc1OC. The van der Waals surface area contributed by atoms with Crippen molar-refractivity contribution in [3.05, 3.63) is 29.3 Å². The molecule has 0 heterocycles. The molecule has 0 N–H and O–H groups in total. The Morgan fingerprint density at radius 1 is 1.14 bits per heavy atom. The lowest BCUT2D eigenvalue weighted by molar-refractivity contribution is 0.0607. The highest BCUT2D eigenvalue weighted by molar-refractivity contribution is 6.18. The Kier molecular flexibility index (Phi) is 8.74. The van der Waals surface area contributed by atoms with Crippen molar-refractivity contribution >= 4 is 11.6 Å². The van der Waals surface area contributed by atoms with Crippen molar-refractivity contribution in [3.8, 4) is 5.75 Å². The van der Waals surface area contributed by atoms with Crippen LogP contribution in [0.4, 0.5) is 0 Å². The van der Waals surface area contributed by atoms with E-state index in [2.05, 4.69) is 26.0 Å². The summed E-state index contributed by atoms with van der Waals surface area (Å²) in [6, 6.07) is 6.28. The molecule has 0 saturated heterocycles. The van der Waals surface area contributed by atoms with Gasteiger partial charge in [-0.15, -0.1) is 11.6 Å². The third-order valence-electron chi connectivity index (χ3n) is 3.67. The molecule has 4 heteroatoms. The molecule has 0 aliphatic carbocycles. The minimum atomic E-state index is 0.488. The van der Waals surface area contributed by atoms with E-state index in [1.54, 1.807) is 14.2 Å². The quantitative estimate of drug-likeness (QED) is 0.484. The van der Waals surface area contributed by atoms with Crippen molar-refractivity contribution < 1.29 is 14.2 Å². The van der Waals surface area contributed by atoms with E-state index in [0.717, 1.165) is 17.7 Å². The van der Waals surface area contributed by atoms with E-state index in [4.69, 9.17) is 25.8 Å². The Balaban J connectivity index is 2.74. The van der Waals surface area contributed by atoms with Gasteiger partial charge in [-0.2, -0.15) is 0 Å². The van der Waals surface area contributed by atoms with Crippen LogP contribution in [-0.4, -0.2) is 33.3 Å². The Morgan fingerprint density at radius 3 is 2.48 bits per heavy atom. The smallest absolute Gasteiger partial charge is 0.124 e. The molecule has 0 spiro atoms. The largest absolute Gasteiger partial charge is 0.496 e. The fraction of sp³-hybridized carbons (Fsp3) is 0.647. The molecule has 1 rings (SSSR count). The zero-order chi connectivity index (χ0) is 15.7. The second kappa shape index (κ2) is 10.0. The van der Waals surface area contributed by atoms with Gasteiger partial charge in [-0.05, 0) is 36.0 Å². The normalized spacial score (nSPS) is 12.7. The molecule has 0 aliphatic rings. The highest BCUT2D eigenvalue weighted by Crippen LogP contribution is 2.24. The molecule has 0 aromatic heterocycles. The molecule has 1 aromatic rings. The molecule has 0 aliphatic heterocycles. The highest BCUT2D eigenvalue weighted by atomic mass is 35.5. The van der Waals surface area contributed by atoms with Crippen LogP contribution in [0.2, 0.25) is 0 Å². The number of rotatable bonds is 10. The summed E-state index contributed by atoms with van der Waals surface area (Å²) in [5.74, 6) is 2.61. The minimum Gasteiger partial charge on any atom is -0.496 e. The molecule has 0 bridgehead atoms. The van der Waals surface area contributed by atoms with Gasteiger partial charge in [-0.3, -0.25) is 0 Å². The predicted octanol–water partition coefficient (Wildman–Crippen LogP) is 3.91. The second-order valence-corrected chi connectivity index (χ2v) is 5.86. The zero-order valence-electron chi connectivity index (χ0n) is 13.5. The van der Waals surface area contributed by atoms with Crippen LogP contribution in [0.3, 0.4) is 0 Å². The van der Waals surface area contributed by atoms with E-state index in [1.165, 1.54) is 5.56 Å². The van der Waals surface area contributed by atoms with E-state index in [0.29, 0.717) is 37.5 Å². The molecule has 0 radical (unpaired) electrons. The molecule has 0 fully saturated rings. The molecule has 1 aromatic carbocycles. The van der Waals surface area contributed by atoms with Gasteiger partial charge < -0.3 is 14.2 Å². The van der Waals surface area contributed by atoms with Crippen LogP contribution in [0.15, 0.2) is 18.2 Å². The predicted molar refractivity (Wildman–Crippen MR) is 87.3 cm³/mol. The van der Waals surface area contributed by atoms with Crippen LogP contribution in [0, 0.1) is 11.8 Å². The molecule has 1 unspecified atom stereocenters. The number of methoxy groups -OCH3 is 2. The van der Waals surface area contributed by atoms with Crippen molar-refractivity contribution in [2.24, 2.45) is 11.8 Å². The first-order chi connectivity index (χ1) is 10.1. The molecule has 120 valence electrons. The Labute approximate surface area is 133 Å². The number of alkyl halides is 1. The van der Waals surface area contributed by atoms with Crippen molar-refractivity contribution in [1.29, 1.82) is 0 Å². The lowest BCUT2D eigenvalue weighted by Gasteiger charge is -2.19. The van der Waals surface area contributed by atoms with Crippen LogP contribution < -0.4 is 4.74 Å². The first-order valence-corrected chi connectivity index (χ1v) is 7.94. The number of benzene rings is 1. The van der Waals surface area contributed by atoms with Gasteiger partial charge >= 0.3 is 0 Å². The summed E-state index contributed by atoms with van der Waals surface area (Å²) in [7, 11) is 3.35. The highest BCUT2D eigenvalue weighted by Gasteiger charge is 2.14. The van der Waals surface area contributed by atoms with E-state index in [-0.39, 0.29) is 0 Å². The molecular weight excluding hydrogens is 288 g/mol. The fourth-order valence-corrected chi connectivity index (χ4v) is 2.63. The maximum atomic E-state index is 6.07. The summed E-state index contributed by atoms with van der Waals surface area (Å²) in [6.07, 6.45) is 0.982. The standard InChI is InChI=1S/C17H27ClO3/c1-13(2)15(11-18)9-14-5-6-17(20-4)16(10-14)12-21-8-7-19-3/h5-6,10,13,15H,7-9,11-12H2,1-4H3. The number of hydrogen-bond acceptors (Lipinski definition) is 3. The van der Waals surface area contributed by atoms with Crippen LogP contribution in [0.25, 0.3) is 0 Å². The molecule has 3 nitrogen and oxygen atoms in total. The summed E-state index contributed by atoms with van der Waals surface area (Å²) >= 11 is 6.07. The topological polar surface area (TPSA) is 27.7 Å². The van der Waals surface area contributed by atoms with Gasteiger partial charge in [0.2, 0.25) is 0 Å². The lowest BCUT2D eigenvalue weighted by Crippen LogP contribution is -2.14. The first-order valence-electron chi connectivity index (χ1n) is 7.40. The number of hydrogen-bond donors (Lipinski definition) is 0. The fourth-order valence-electron chi connectivity index (χ4n) is 2.17. The van der Waals surface area contributed by atoms with Gasteiger partial charge in [-0.1, -0.05) is 19.9 Å². The summed E-state index contributed by atoms with van der Waals surface area (Å²) in [5.41, 5.74) is 2.35. The van der Waals surface area contributed by atoms with Crippen molar-refractivity contribution in [2.45, 2.75) is 26.9 Å². The summed E-state index contributed by atoms with van der Waals surface area (Å²) in [4.78, 5) is 0. The van der Waals surface area contributed by atoms with E-state index in [9.17, 15) is 0 Å². The third-order valence-corrected chi connectivity index (χ3v) is 4.07. The number of halogens is 1. The van der Waals surface area contributed by atoms with Gasteiger partial charge in [0.05, 0.1) is 26.9 Å². The molecular formula is C17H27ClO3. The van der Waals surface area contributed by atoms with Gasteiger partial charge in [0, 0.05) is 18.6 Å². The van der Waals surface area contributed by atoms with Gasteiger partial charge in [0.25, 0.3) is 0 Å². The van der Waals surface area contributed by atoms with Gasteiger partial charge in [0.1, 0.15) is 5.75 Å². The average molecular weight is 315 g/mol. The summed E-state index contributed by atoms with van der Waals surface area (Å²) in [6.45, 7) is 6.15. The zero-order valence-corrected chi connectivity index (χ0v) is 14.3. The molecule has 0 amide bonds. The maximum Gasteiger partial charge on any atom is 0.124 e. The van der Waals surface area contributed by atoms with Crippen molar-refractivity contribution in [1.82, 2.24) is 0 Å². The lowest BCUT2D eigenvalue weighted by atomic mass is 9.90. The van der Waals surface area contributed by atoms with Crippen molar-refractivity contribution in [2.75, 3.05) is 33.3 Å². The van der Waals surface area contributed by atoms with Gasteiger partial charge in [-0.25, -0.2) is 0 Å². The summed E-state index contributed by atoms with van der Waals surface area (Å²) < 4.78 is 16.0. The monoisotopic (exact) mass is 314 g/mol. The van der Waals surface area contributed by atoms with Crippen LogP contribution in [-0.2, 0) is 22.5 Å². The Morgan fingerprint density at radius 2 is 1.90 bits per heavy atom. The maximum absolute atomic E-state index is 6.07. The third kappa shape index (κ3) is 6.25. The van der Waals surface area contributed by atoms with Gasteiger partial charge in [0.15, 0.2) is 0 Å². The number of ether oxygens (including phenoxy) is 3. The Bertz CT molecular complexity index is 407. The van der Waals surface area contributed by atoms with Crippen LogP contribution in [0.1, 0.15) is 25.0 Å². The Hall–Kier alpha value is -0.770. The first kappa shape index (κ1) is 18.3. The average Bonchev–Trinajstić information content (AvgIpc) is 2.49. The van der Waals surface area contributed by atoms with E-state index >= 15 is 0 Å². The van der Waals surface area contributed by atoms with E-state index in [1.807, 2.05) is 6.07 Å². The molecule has 21 heavy (non-hydrogen) atoms. The second-order valence-electron chi connectivity index (χ2n) is 5.55. The summed E-state index contributed by atoms with van der Waals surface area (Å²) in [5, 5.41) is 0. The molecule has 0 saturated carbocycles.